The Balaban J connectivity index is 1.62. The van der Waals surface area contributed by atoms with E-state index in [9.17, 15) is 4.79 Å². The third kappa shape index (κ3) is 3.53. The third-order valence-electron chi connectivity index (χ3n) is 4.97. The van der Waals surface area contributed by atoms with Gasteiger partial charge in [0.05, 0.1) is 30.8 Å². The fraction of sp³-hybridized carbons (Fsp3) is 0.611. The van der Waals surface area contributed by atoms with Crippen LogP contribution in [0.3, 0.4) is 0 Å². The van der Waals surface area contributed by atoms with Crippen molar-refractivity contribution in [2.75, 3.05) is 40.5 Å². The van der Waals surface area contributed by atoms with Gasteiger partial charge in [0.25, 0.3) is 5.91 Å². The van der Waals surface area contributed by atoms with E-state index >= 15 is 0 Å². The molecule has 0 N–H and O–H groups in total. The number of hydrogen-bond donors (Lipinski definition) is 0. The first-order valence-corrected chi connectivity index (χ1v) is 8.70. The number of likely N-dealkylation sites (tertiary alicyclic amines) is 1. The minimum Gasteiger partial charge on any atom is -0.497 e. The SMILES string of the molecule is COCCC1CCOC2(C1)CN(C(=O)c1cc(OC)ccc1Cl)C2. The number of methoxy groups -OCH3 is 2. The van der Waals surface area contributed by atoms with Gasteiger partial charge in [-0.15, -0.1) is 0 Å². The molecule has 1 atom stereocenters. The Labute approximate surface area is 147 Å². The monoisotopic (exact) mass is 353 g/mol. The second-order valence-corrected chi connectivity index (χ2v) is 7.09. The predicted molar refractivity (Wildman–Crippen MR) is 91.8 cm³/mol. The molecular weight excluding hydrogens is 330 g/mol. The van der Waals surface area contributed by atoms with Crippen LogP contribution in [-0.4, -0.2) is 56.9 Å². The zero-order chi connectivity index (χ0) is 17.2. The third-order valence-corrected chi connectivity index (χ3v) is 5.30. The van der Waals surface area contributed by atoms with Gasteiger partial charge < -0.3 is 19.1 Å². The zero-order valence-electron chi connectivity index (χ0n) is 14.2. The van der Waals surface area contributed by atoms with Gasteiger partial charge in [0.1, 0.15) is 11.4 Å². The fourth-order valence-corrected chi connectivity index (χ4v) is 3.84. The van der Waals surface area contributed by atoms with Gasteiger partial charge in [-0.3, -0.25) is 4.79 Å². The molecule has 2 aliphatic heterocycles. The second kappa shape index (κ2) is 7.30. The number of ether oxygens (including phenoxy) is 3. The van der Waals surface area contributed by atoms with Crippen molar-refractivity contribution in [2.24, 2.45) is 5.92 Å². The van der Waals surface area contributed by atoms with Crippen LogP contribution in [0.5, 0.6) is 5.75 Å². The molecule has 1 amide bonds. The van der Waals surface area contributed by atoms with Crippen LogP contribution >= 0.6 is 11.6 Å². The van der Waals surface area contributed by atoms with Crippen molar-refractivity contribution in [3.63, 3.8) is 0 Å². The summed E-state index contributed by atoms with van der Waals surface area (Å²) >= 11 is 6.18. The number of carbonyl (C=O) groups excluding carboxylic acids is 1. The van der Waals surface area contributed by atoms with Gasteiger partial charge in [-0.2, -0.15) is 0 Å². The summed E-state index contributed by atoms with van der Waals surface area (Å²) < 4.78 is 16.4. The Kier molecular flexibility index (Phi) is 5.33. The molecule has 24 heavy (non-hydrogen) atoms. The van der Waals surface area contributed by atoms with Crippen molar-refractivity contribution in [3.05, 3.63) is 28.8 Å². The van der Waals surface area contributed by atoms with Gasteiger partial charge in [0.15, 0.2) is 0 Å². The average Bonchev–Trinajstić information content (AvgIpc) is 2.58. The largest absolute Gasteiger partial charge is 0.497 e. The topological polar surface area (TPSA) is 48.0 Å². The summed E-state index contributed by atoms with van der Waals surface area (Å²) in [6.45, 7) is 2.80. The first-order chi connectivity index (χ1) is 11.6. The lowest BCUT2D eigenvalue weighted by Crippen LogP contribution is -2.66. The lowest BCUT2D eigenvalue weighted by atomic mass is 9.79. The van der Waals surface area contributed by atoms with Gasteiger partial charge in [0, 0.05) is 20.3 Å². The molecule has 2 saturated heterocycles. The van der Waals surface area contributed by atoms with Crippen LogP contribution in [0.15, 0.2) is 18.2 Å². The molecule has 2 aliphatic rings. The van der Waals surface area contributed by atoms with Crippen molar-refractivity contribution >= 4 is 17.5 Å². The Morgan fingerprint density at radius 2 is 2.21 bits per heavy atom. The van der Waals surface area contributed by atoms with Crippen LogP contribution in [0.25, 0.3) is 0 Å². The maximum Gasteiger partial charge on any atom is 0.255 e. The molecule has 1 aromatic rings. The average molecular weight is 354 g/mol. The van der Waals surface area contributed by atoms with Crippen LogP contribution in [-0.2, 0) is 9.47 Å². The number of nitrogens with zero attached hydrogens (tertiary/aromatic N) is 1. The number of rotatable bonds is 5. The Hall–Kier alpha value is -1.30. The number of halogens is 1. The highest BCUT2D eigenvalue weighted by Gasteiger charge is 2.49. The summed E-state index contributed by atoms with van der Waals surface area (Å²) in [5.41, 5.74) is 0.301. The van der Waals surface area contributed by atoms with Crippen LogP contribution in [0.1, 0.15) is 29.6 Å². The summed E-state index contributed by atoms with van der Waals surface area (Å²) in [6.07, 6.45) is 3.12. The van der Waals surface area contributed by atoms with E-state index in [1.165, 1.54) is 0 Å². The molecule has 0 saturated carbocycles. The molecule has 1 aromatic carbocycles. The van der Waals surface area contributed by atoms with E-state index in [1.807, 2.05) is 0 Å². The molecule has 2 heterocycles. The molecule has 5 nitrogen and oxygen atoms in total. The molecule has 3 rings (SSSR count). The maximum absolute atomic E-state index is 12.7. The van der Waals surface area contributed by atoms with E-state index in [2.05, 4.69) is 0 Å². The standard InChI is InChI=1S/C18H24ClNO4/c1-22-7-5-13-6-8-24-18(10-13)11-20(12-18)17(21)15-9-14(23-2)3-4-16(15)19/h3-4,9,13H,5-8,10-12H2,1-2H3. The Morgan fingerprint density at radius 3 is 2.92 bits per heavy atom. The van der Waals surface area contributed by atoms with Gasteiger partial charge >= 0.3 is 0 Å². The quantitative estimate of drug-likeness (QED) is 0.816. The molecule has 1 unspecified atom stereocenters. The van der Waals surface area contributed by atoms with E-state index in [0.717, 1.165) is 32.5 Å². The molecule has 0 aliphatic carbocycles. The summed E-state index contributed by atoms with van der Waals surface area (Å²) in [5.74, 6) is 1.18. The highest BCUT2D eigenvalue weighted by Crippen LogP contribution is 2.39. The minimum atomic E-state index is -0.183. The lowest BCUT2D eigenvalue weighted by molar-refractivity contribution is -0.167. The first-order valence-electron chi connectivity index (χ1n) is 8.32. The lowest BCUT2D eigenvalue weighted by Gasteiger charge is -2.53. The number of hydrogen-bond acceptors (Lipinski definition) is 4. The minimum absolute atomic E-state index is 0.0628. The van der Waals surface area contributed by atoms with Crippen LogP contribution in [0.2, 0.25) is 5.02 Å². The smallest absolute Gasteiger partial charge is 0.255 e. The predicted octanol–water partition coefficient (Wildman–Crippen LogP) is 3.01. The highest BCUT2D eigenvalue weighted by molar-refractivity contribution is 6.33. The summed E-state index contributed by atoms with van der Waals surface area (Å²) in [6, 6.07) is 5.14. The Morgan fingerprint density at radius 1 is 1.42 bits per heavy atom. The number of benzene rings is 1. The molecule has 132 valence electrons. The normalized spacial score (nSPS) is 22.3. The first kappa shape index (κ1) is 17.5. The van der Waals surface area contributed by atoms with E-state index < -0.39 is 0 Å². The molecule has 1 spiro atoms. The second-order valence-electron chi connectivity index (χ2n) is 6.68. The van der Waals surface area contributed by atoms with Crippen molar-refractivity contribution in [3.8, 4) is 5.75 Å². The van der Waals surface area contributed by atoms with Crippen molar-refractivity contribution in [1.82, 2.24) is 4.90 Å². The zero-order valence-corrected chi connectivity index (χ0v) is 15.0. The van der Waals surface area contributed by atoms with E-state index in [-0.39, 0.29) is 11.5 Å². The fourth-order valence-electron chi connectivity index (χ4n) is 3.64. The highest BCUT2D eigenvalue weighted by atomic mass is 35.5. The van der Waals surface area contributed by atoms with Crippen LogP contribution in [0, 0.1) is 5.92 Å². The molecule has 0 aromatic heterocycles. The van der Waals surface area contributed by atoms with Gasteiger partial charge in [-0.25, -0.2) is 0 Å². The number of carbonyl (C=O) groups is 1. The maximum atomic E-state index is 12.7. The van der Waals surface area contributed by atoms with Crippen LogP contribution < -0.4 is 4.74 Å². The van der Waals surface area contributed by atoms with E-state index in [4.69, 9.17) is 25.8 Å². The summed E-state index contributed by atoms with van der Waals surface area (Å²) in [5, 5.41) is 0.448. The molecule has 2 fully saturated rings. The van der Waals surface area contributed by atoms with Crippen molar-refractivity contribution in [1.29, 1.82) is 0 Å². The van der Waals surface area contributed by atoms with Gasteiger partial charge in [-0.1, -0.05) is 11.6 Å². The van der Waals surface area contributed by atoms with E-state index in [1.54, 1.807) is 37.3 Å². The molecule has 6 heteroatoms. The molecular formula is C18H24ClNO4. The van der Waals surface area contributed by atoms with Crippen molar-refractivity contribution < 1.29 is 19.0 Å². The molecule has 0 radical (unpaired) electrons. The van der Waals surface area contributed by atoms with Gasteiger partial charge in [0.2, 0.25) is 0 Å². The number of amides is 1. The van der Waals surface area contributed by atoms with E-state index in [0.29, 0.717) is 35.3 Å². The summed E-state index contributed by atoms with van der Waals surface area (Å²) in [7, 11) is 3.31. The van der Waals surface area contributed by atoms with Gasteiger partial charge in [-0.05, 0) is 43.4 Å². The summed E-state index contributed by atoms with van der Waals surface area (Å²) in [4.78, 5) is 14.5. The van der Waals surface area contributed by atoms with Crippen molar-refractivity contribution in [2.45, 2.75) is 24.9 Å². The Bertz CT molecular complexity index is 601. The molecule has 0 bridgehead atoms. The van der Waals surface area contributed by atoms with Crippen LogP contribution in [0.4, 0.5) is 0 Å².